The summed E-state index contributed by atoms with van der Waals surface area (Å²) >= 11 is 0. The minimum Gasteiger partial charge on any atom is -0.483 e. The van der Waals surface area contributed by atoms with Crippen LogP contribution in [0.1, 0.15) is 25.0 Å². The number of nitrogens with zero attached hydrogens (tertiary/aromatic N) is 1. The second-order valence-electron chi connectivity index (χ2n) is 4.53. The van der Waals surface area contributed by atoms with Gasteiger partial charge in [0.05, 0.1) is 11.6 Å². The zero-order chi connectivity index (χ0) is 13.6. The molecule has 1 aromatic carbocycles. The lowest BCUT2D eigenvalue weighted by Gasteiger charge is -2.20. The molecule has 0 saturated carbocycles. The highest BCUT2D eigenvalue weighted by Gasteiger charge is 2.39. The topological polar surface area (TPSA) is 33.0 Å². The predicted molar refractivity (Wildman–Crippen MR) is 59.9 cm³/mol. The molecule has 0 bridgehead atoms. The van der Waals surface area contributed by atoms with Gasteiger partial charge in [0.1, 0.15) is 11.4 Å². The van der Waals surface area contributed by atoms with Gasteiger partial charge in [-0.25, -0.2) is 0 Å². The van der Waals surface area contributed by atoms with E-state index >= 15 is 0 Å². The fourth-order valence-electron chi connectivity index (χ4n) is 1.97. The second kappa shape index (κ2) is 3.77. The van der Waals surface area contributed by atoms with Gasteiger partial charge in [0.25, 0.3) is 0 Å². The molecule has 1 aliphatic rings. The molecule has 0 N–H and O–H groups in total. The summed E-state index contributed by atoms with van der Waals surface area (Å²) in [6.07, 6.45) is -4.18. The van der Waals surface area contributed by atoms with Crippen molar-refractivity contribution in [2.24, 2.45) is 0 Å². The Bertz CT molecular complexity index is 565. The van der Waals surface area contributed by atoms with E-state index < -0.39 is 11.8 Å². The van der Waals surface area contributed by atoms with E-state index in [9.17, 15) is 13.2 Å². The van der Waals surface area contributed by atoms with Crippen LogP contribution in [0.15, 0.2) is 24.3 Å². The lowest BCUT2D eigenvalue weighted by molar-refractivity contribution is -0.0799. The highest BCUT2D eigenvalue weighted by atomic mass is 19.4. The first-order chi connectivity index (χ1) is 8.23. The summed E-state index contributed by atoms with van der Waals surface area (Å²) < 4.78 is 43.1. The SMILES string of the molecule is CC1(C)Oc2ccc(C#N)cc2C1=CC(F)(F)F. The van der Waals surface area contributed by atoms with Crippen molar-refractivity contribution in [3.05, 3.63) is 35.4 Å². The molecule has 2 rings (SSSR count). The van der Waals surface area contributed by atoms with E-state index in [-0.39, 0.29) is 11.6 Å². The van der Waals surface area contributed by atoms with E-state index in [2.05, 4.69) is 0 Å². The molecule has 0 unspecified atom stereocenters. The molecule has 1 heterocycles. The number of ether oxygens (including phenoxy) is 1. The zero-order valence-corrected chi connectivity index (χ0v) is 9.80. The highest BCUT2D eigenvalue weighted by molar-refractivity contribution is 5.80. The average molecular weight is 253 g/mol. The number of rotatable bonds is 0. The van der Waals surface area contributed by atoms with Crippen LogP contribution in [-0.2, 0) is 0 Å². The summed E-state index contributed by atoms with van der Waals surface area (Å²) in [5, 5.41) is 8.79. The van der Waals surface area contributed by atoms with Crippen LogP contribution >= 0.6 is 0 Å². The van der Waals surface area contributed by atoms with E-state index in [1.54, 1.807) is 13.8 Å². The second-order valence-corrected chi connectivity index (χ2v) is 4.53. The summed E-state index contributed by atoms with van der Waals surface area (Å²) in [6.45, 7) is 3.13. The van der Waals surface area contributed by atoms with Gasteiger partial charge in [-0.2, -0.15) is 18.4 Å². The van der Waals surface area contributed by atoms with E-state index in [1.807, 2.05) is 6.07 Å². The number of nitriles is 1. The molecule has 0 saturated heterocycles. The van der Waals surface area contributed by atoms with Gasteiger partial charge in [-0.15, -0.1) is 0 Å². The number of allylic oxidation sites excluding steroid dienone is 1. The zero-order valence-electron chi connectivity index (χ0n) is 9.80. The Morgan fingerprint density at radius 2 is 2.00 bits per heavy atom. The van der Waals surface area contributed by atoms with Crippen LogP contribution in [-0.4, -0.2) is 11.8 Å². The smallest absolute Gasteiger partial charge is 0.410 e. The molecule has 18 heavy (non-hydrogen) atoms. The molecule has 1 aliphatic heterocycles. The number of hydrogen-bond acceptors (Lipinski definition) is 2. The summed E-state index contributed by atoms with van der Waals surface area (Å²) in [5.41, 5.74) is -0.368. The Balaban J connectivity index is 2.61. The molecule has 0 amide bonds. The first-order valence-corrected chi connectivity index (χ1v) is 5.26. The lowest BCUT2D eigenvalue weighted by Crippen LogP contribution is -2.25. The number of hydrogen-bond donors (Lipinski definition) is 0. The van der Waals surface area contributed by atoms with Crippen molar-refractivity contribution in [2.45, 2.75) is 25.6 Å². The molecule has 0 aliphatic carbocycles. The van der Waals surface area contributed by atoms with Gasteiger partial charge in [0.15, 0.2) is 0 Å². The van der Waals surface area contributed by atoms with Crippen molar-refractivity contribution in [1.29, 1.82) is 5.26 Å². The van der Waals surface area contributed by atoms with Gasteiger partial charge in [-0.3, -0.25) is 0 Å². The average Bonchev–Trinajstić information content (AvgIpc) is 2.48. The van der Waals surface area contributed by atoms with Crippen LogP contribution in [0.2, 0.25) is 0 Å². The minimum absolute atomic E-state index is 0.0436. The van der Waals surface area contributed by atoms with Crippen molar-refractivity contribution < 1.29 is 17.9 Å². The van der Waals surface area contributed by atoms with Gasteiger partial charge in [0.2, 0.25) is 0 Å². The van der Waals surface area contributed by atoms with E-state index in [4.69, 9.17) is 10.00 Å². The normalized spacial score (nSPS) is 19.2. The standard InChI is InChI=1S/C13H10F3NO/c1-12(2)10(6-13(14,15)16)9-5-8(7-17)3-4-11(9)18-12/h3-6H,1-2H3. The van der Waals surface area contributed by atoms with Crippen molar-refractivity contribution in [3.8, 4) is 11.8 Å². The molecule has 0 aromatic heterocycles. The Hall–Kier alpha value is -1.96. The third kappa shape index (κ3) is 2.19. The first-order valence-electron chi connectivity index (χ1n) is 5.26. The number of benzene rings is 1. The number of halogens is 3. The fourth-order valence-corrected chi connectivity index (χ4v) is 1.97. The van der Waals surface area contributed by atoms with Crippen LogP contribution in [0, 0.1) is 11.3 Å². The van der Waals surface area contributed by atoms with Crippen molar-refractivity contribution in [3.63, 3.8) is 0 Å². The minimum atomic E-state index is -4.42. The summed E-state index contributed by atoms with van der Waals surface area (Å²) in [4.78, 5) is 0. The van der Waals surface area contributed by atoms with Gasteiger partial charge >= 0.3 is 6.18 Å². The Morgan fingerprint density at radius 3 is 2.56 bits per heavy atom. The Labute approximate surface area is 102 Å². The molecule has 0 atom stereocenters. The van der Waals surface area contributed by atoms with Gasteiger partial charge in [0, 0.05) is 17.2 Å². The maximum absolute atomic E-state index is 12.5. The molecule has 0 fully saturated rings. The van der Waals surface area contributed by atoms with E-state index in [0.717, 1.165) is 0 Å². The van der Waals surface area contributed by atoms with Crippen LogP contribution in [0.4, 0.5) is 13.2 Å². The molecular formula is C13H10F3NO. The van der Waals surface area contributed by atoms with Gasteiger partial charge in [-0.05, 0) is 32.0 Å². The maximum Gasteiger partial charge on any atom is 0.410 e. The Kier molecular flexibility index (Phi) is 2.62. The lowest BCUT2D eigenvalue weighted by atomic mass is 9.92. The van der Waals surface area contributed by atoms with Crippen LogP contribution in [0.3, 0.4) is 0 Å². The molecule has 1 aromatic rings. The van der Waals surface area contributed by atoms with Gasteiger partial charge < -0.3 is 4.74 Å². The molecule has 2 nitrogen and oxygen atoms in total. The fraction of sp³-hybridized carbons (Fsp3) is 0.308. The Morgan fingerprint density at radius 1 is 1.33 bits per heavy atom. The van der Waals surface area contributed by atoms with Crippen molar-refractivity contribution >= 4 is 5.57 Å². The van der Waals surface area contributed by atoms with Crippen LogP contribution in [0.25, 0.3) is 5.57 Å². The quantitative estimate of drug-likeness (QED) is 0.706. The molecule has 5 heteroatoms. The summed E-state index contributed by atoms with van der Waals surface area (Å²) in [7, 11) is 0. The molecule has 94 valence electrons. The van der Waals surface area contributed by atoms with E-state index in [0.29, 0.717) is 16.9 Å². The summed E-state index contributed by atoms with van der Waals surface area (Å²) in [5.74, 6) is 0.370. The third-order valence-corrected chi connectivity index (χ3v) is 2.72. The van der Waals surface area contributed by atoms with Crippen molar-refractivity contribution in [2.75, 3.05) is 0 Å². The van der Waals surface area contributed by atoms with Crippen LogP contribution < -0.4 is 4.74 Å². The number of fused-ring (bicyclic) bond motifs is 1. The predicted octanol–water partition coefficient (Wildman–Crippen LogP) is 3.67. The monoisotopic (exact) mass is 253 g/mol. The van der Waals surface area contributed by atoms with E-state index in [1.165, 1.54) is 18.2 Å². The molecule has 0 spiro atoms. The van der Waals surface area contributed by atoms with Crippen molar-refractivity contribution in [1.82, 2.24) is 0 Å². The van der Waals surface area contributed by atoms with Crippen LogP contribution in [0.5, 0.6) is 5.75 Å². The highest BCUT2D eigenvalue weighted by Crippen LogP contribution is 2.45. The summed E-state index contributed by atoms with van der Waals surface area (Å²) in [6, 6.07) is 6.36. The largest absolute Gasteiger partial charge is 0.483 e. The molecular weight excluding hydrogens is 243 g/mol. The third-order valence-electron chi connectivity index (χ3n) is 2.72. The maximum atomic E-state index is 12.5. The number of alkyl halides is 3. The van der Waals surface area contributed by atoms with Gasteiger partial charge in [-0.1, -0.05) is 0 Å². The first kappa shape index (κ1) is 12.5. The molecule has 0 radical (unpaired) electrons.